The fraction of sp³-hybridized carbons (Fsp3) is 0.667. The number of pyridine rings is 1. The minimum Gasteiger partial charge on any atom is -0.309 e. The van der Waals surface area contributed by atoms with E-state index in [-0.39, 0.29) is 11.9 Å². The lowest BCUT2D eigenvalue weighted by Gasteiger charge is -2.21. The highest BCUT2D eigenvalue weighted by molar-refractivity contribution is 5.12. The molecule has 1 heterocycles. The van der Waals surface area contributed by atoms with E-state index < -0.39 is 0 Å². The third-order valence-electron chi connectivity index (χ3n) is 3.80. The average molecular weight is 250 g/mol. The molecule has 0 radical (unpaired) electrons. The second-order valence-corrected chi connectivity index (χ2v) is 5.26. The van der Waals surface area contributed by atoms with Crippen molar-refractivity contribution in [3.63, 3.8) is 0 Å². The van der Waals surface area contributed by atoms with Crippen LogP contribution in [0.5, 0.6) is 0 Å². The maximum Gasteiger partial charge on any atom is 0.146 e. The third-order valence-corrected chi connectivity index (χ3v) is 3.80. The van der Waals surface area contributed by atoms with Crippen molar-refractivity contribution in [2.24, 2.45) is 5.92 Å². The van der Waals surface area contributed by atoms with Crippen LogP contribution in [0, 0.1) is 11.7 Å². The molecule has 1 fully saturated rings. The van der Waals surface area contributed by atoms with Crippen molar-refractivity contribution in [2.45, 2.75) is 51.5 Å². The standard InChI is InChI=1S/C15H23FN2/c1-2-9-17-14(11-12-6-3-4-7-12)15-13(16)8-5-10-18-15/h5,8,10,12,14,17H,2-4,6-7,9,11H2,1H3. The Morgan fingerprint density at radius 1 is 1.44 bits per heavy atom. The van der Waals surface area contributed by atoms with Crippen LogP contribution in [-0.2, 0) is 0 Å². The zero-order valence-corrected chi connectivity index (χ0v) is 11.2. The zero-order chi connectivity index (χ0) is 12.8. The second-order valence-electron chi connectivity index (χ2n) is 5.26. The van der Waals surface area contributed by atoms with Crippen LogP contribution in [0.3, 0.4) is 0 Å². The van der Waals surface area contributed by atoms with Gasteiger partial charge >= 0.3 is 0 Å². The first-order valence-corrected chi connectivity index (χ1v) is 7.15. The van der Waals surface area contributed by atoms with Gasteiger partial charge in [0.05, 0.1) is 11.7 Å². The number of rotatable bonds is 6. The van der Waals surface area contributed by atoms with Crippen molar-refractivity contribution in [3.05, 3.63) is 29.8 Å². The van der Waals surface area contributed by atoms with Crippen LogP contribution in [0.2, 0.25) is 0 Å². The molecule has 0 spiro atoms. The third kappa shape index (κ3) is 3.52. The fourth-order valence-electron chi connectivity index (χ4n) is 2.84. The quantitative estimate of drug-likeness (QED) is 0.829. The SMILES string of the molecule is CCCNC(CC1CCCC1)c1ncccc1F. The normalized spacial score (nSPS) is 18.1. The highest BCUT2D eigenvalue weighted by Gasteiger charge is 2.23. The van der Waals surface area contributed by atoms with E-state index >= 15 is 0 Å². The largest absolute Gasteiger partial charge is 0.309 e. The predicted molar refractivity (Wildman–Crippen MR) is 71.8 cm³/mol. The van der Waals surface area contributed by atoms with Crippen molar-refractivity contribution in [3.8, 4) is 0 Å². The lowest BCUT2D eigenvalue weighted by molar-refractivity contribution is 0.378. The van der Waals surface area contributed by atoms with Gasteiger partial charge in [-0.3, -0.25) is 4.98 Å². The first kappa shape index (κ1) is 13.5. The van der Waals surface area contributed by atoms with E-state index in [2.05, 4.69) is 17.2 Å². The van der Waals surface area contributed by atoms with E-state index in [1.165, 1.54) is 31.7 Å². The van der Waals surface area contributed by atoms with Crippen LogP contribution in [0.25, 0.3) is 0 Å². The van der Waals surface area contributed by atoms with Gasteiger partial charge in [-0.2, -0.15) is 0 Å². The molecule has 2 nitrogen and oxygen atoms in total. The van der Waals surface area contributed by atoms with Gasteiger partial charge in [0.15, 0.2) is 0 Å². The van der Waals surface area contributed by atoms with E-state index in [1.54, 1.807) is 12.3 Å². The van der Waals surface area contributed by atoms with Gasteiger partial charge in [0, 0.05) is 6.20 Å². The molecule has 1 aromatic rings. The van der Waals surface area contributed by atoms with Gasteiger partial charge in [-0.15, -0.1) is 0 Å². The number of aromatic nitrogens is 1. The summed E-state index contributed by atoms with van der Waals surface area (Å²) in [5.74, 6) is 0.560. The summed E-state index contributed by atoms with van der Waals surface area (Å²) in [5.41, 5.74) is 0.595. The zero-order valence-electron chi connectivity index (χ0n) is 11.2. The number of nitrogens with zero attached hydrogens (tertiary/aromatic N) is 1. The Labute approximate surface area is 109 Å². The van der Waals surface area contributed by atoms with Crippen LogP contribution >= 0.6 is 0 Å². The molecule has 0 saturated heterocycles. The Bertz CT molecular complexity index is 361. The number of halogens is 1. The molecule has 0 aromatic carbocycles. The van der Waals surface area contributed by atoms with Gasteiger partial charge in [0.2, 0.25) is 0 Å². The molecule has 100 valence electrons. The van der Waals surface area contributed by atoms with Gasteiger partial charge in [-0.05, 0) is 37.4 Å². The molecule has 3 heteroatoms. The predicted octanol–water partition coefficient (Wildman–Crippen LogP) is 3.84. The highest BCUT2D eigenvalue weighted by Crippen LogP contribution is 2.33. The minimum absolute atomic E-state index is 0.0780. The van der Waals surface area contributed by atoms with E-state index in [0.29, 0.717) is 5.69 Å². The van der Waals surface area contributed by atoms with Crippen LogP contribution in [-0.4, -0.2) is 11.5 Å². The minimum atomic E-state index is -0.177. The summed E-state index contributed by atoms with van der Waals surface area (Å²) < 4.78 is 13.8. The Morgan fingerprint density at radius 2 is 2.22 bits per heavy atom. The maximum atomic E-state index is 13.8. The molecule has 1 aliphatic rings. The monoisotopic (exact) mass is 250 g/mol. The summed E-state index contributed by atoms with van der Waals surface area (Å²) in [6, 6.07) is 3.25. The van der Waals surface area contributed by atoms with Gasteiger partial charge in [-0.25, -0.2) is 4.39 Å². The van der Waals surface area contributed by atoms with Crippen molar-refractivity contribution in [1.82, 2.24) is 10.3 Å². The van der Waals surface area contributed by atoms with Crippen molar-refractivity contribution < 1.29 is 4.39 Å². The Morgan fingerprint density at radius 3 is 2.89 bits per heavy atom. The molecule has 0 bridgehead atoms. The van der Waals surface area contributed by atoms with Crippen molar-refractivity contribution in [2.75, 3.05) is 6.54 Å². The lowest BCUT2D eigenvalue weighted by Crippen LogP contribution is -2.25. The highest BCUT2D eigenvalue weighted by atomic mass is 19.1. The molecular weight excluding hydrogens is 227 g/mol. The van der Waals surface area contributed by atoms with Crippen LogP contribution < -0.4 is 5.32 Å². The number of hydrogen-bond acceptors (Lipinski definition) is 2. The van der Waals surface area contributed by atoms with E-state index in [4.69, 9.17) is 0 Å². The molecule has 1 aliphatic carbocycles. The van der Waals surface area contributed by atoms with Gasteiger partial charge in [0.1, 0.15) is 5.82 Å². The first-order valence-electron chi connectivity index (χ1n) is 7.15. The van der Waals surface area contributed by atoms with Gasteiger partial charge < -0.3 is 5.32 Å². The van der Waals surface area contributed by atoms with E-state index in [9.17, 15) is 4.39 Å². The van der Waals surface area contributed by atoms with Crippen LogP contribution in [0.4, 0.5) is 4.39 Å². The van der Waals surface area contributed by atoms with Crippen molar-refractivity contribution in [1.29, 1.82) is 0 Å². The average Bonchev–Trinajstić information content (AvgIpc) is 2.88. The Hall–Kier alpha value is -0.960. The molecule has 0 amide bonds. The Balaban J connectivity index is 2.06. The van der Waals surface area contributed by atoms with E-state index in [0.717, 1.165) is 25.3 Å². The summed E-state index contributed by atoms with van der Waals surface area (Å²) in [4.78, 5) is 4.24. The Kier molecular flexibility index (Phi) is 5.12. The smallest absolute Gasteiger partial charge is 0.146 e. The number of hydrogen-bond donors (Lipinski definition) is 1. The number of nitrogens with one attached hydrogen (secondary N) is 1. The van der Waals surface area contributed by atoms with Gasteiger partial charge in [-0.1, -0.05) is 32.6 Å². The topological polar surface area (TPSA) is 24.9 Å². The van der Waals surface area contributed by atoms with Crippen molar-refractivity contribution >= 4 is 0 Å². The molecule has 1 aromatic heterocycles. The molecule has 18 heavy (non-hydrogen) atoms. The summed E-state index contributed by atoms with van der Waals surface area (Å²) in [6.45, 7) is 3.06. The van der Waals surface area contributed by atoms with E-state index in [1.807, 2.05) is 0 Å². The fourth-order valence-corrected chi connectivity index (χ4v) is 2.84. The molecule has 2 rings (SSSR count). The molecule has 0 aliphatic heterocycles. The molecule has 1 unspecified atom stereocenters. The molecule has 1 saturated carbocycles. The summed E-state index contributed by atoms with van der Waals surface area (Å²) in [6.07, 6.45) is 9.01. The molecule has 1 atom stereocenters. The van der Waals surface area contributed by atoms with Crippen LogP contribution in [0.1, 0.15) is 57.2 Å². The maximum absolute atomic E-state index is 13.8. The second kappa shape index (κ2) is 6.83. The summed E-state index contributed by atoms with van der Waals surface area (Å²) in [5, 5.41) is 3.45. The van der Waals surface area contributed by atoms with Crippen LogP contribution in [0.15, 0.2) is 18.3 Å². The lowest BCUT2D eigenvalue weighted by atomic mass is 9.96. The summed E-state index contributed by atoms with van der Waals surface area (Å²) >= 11 is 0. The molecule has 1 N–H and O–H groups in total. The first-order chi connectivity index (χ1) is 8.81. The van der Waals surface area contributed by atoms with Gasteiger partial charge in [0.25, 0.3) is 0 Å². The summed E-state index contributed by atoms with van der Waals surface area (Å²) in [7, 11) is 0. The molecular formula is C15H23FN2.